The van der Waals surface area contributed by atoms with Gasteiger partial charge in [-0.1, -0.05) is 32.0 Å². The van der Waals surface area contributed by atoms with Gasteiger partial charge < -0.3 is 5.11 Å². The Labute approximate surface area is 112 Å². The molecule has 1 saturated carbocycles. The van der Waals surface area contributed by atoms with Crippen molar-refractivity contribution in [2.75, 3.05) is 0 Å². The van der Waals surface area contributed by atoms with Crippen LogP contribution in [0, 0.1) is 5.41 Å². The maximum Gasteiger partial charge on any atom is 0.0693 e. The van der Waals surface area contributed by atoms with Crippen molar-refractivity contribution in [2.45, 2.75) is 45.1 Å². The Morgan fingerprint density at radius 2 is 2.00 bits per heavy atom. The molecule has 2 heteroatoms. The van der Waals surface area contributed by atoms with Crippen LogP contribution in [0.15, 0.2) is 29.6 Å². The summed E-state index contributed by atoms with van der Waals surface area (Å²) in [5, 5.41) is 14.3. The summed E-state index contributed by atoms with van der Waals surface area (Å²) >= 11 is 1.78. The van der Waals surface area contributed by atoms with Crippen LogP contribution in [-0.4, -0.2) is 10.7 Å². The minimum atomic E-state index is -0.493. The Balaban J connectivity index is 1.89. The van der Waals surface area contributed by atoms with Gasteiger partial charge >= 0.3 is 0 Å². The van der Waals surface area contributed by atoms with E-state index in [1.165, 1.54) is 15.6 Å². The molecule has 18 heavy (non-hydrogen) atoms. The zero-order valence-electron chi connectivity index (χ0n) is 11.1. The SMILES string of the molecule is CC1(C)CCC(O)(Cc2csc3ccccc23)C1. The molecule has 1 heterocycles. The molecule has 3 rings (SSSR count). The lowest BCUT2D eigenvalue weighted by molar-refractivity contribution is 0.0383. The summed E-state index contributed by atoms with van der Waals surface area (Å²) in [6.45, 7) is 4.52. The van der Waals surface area contributed by atoms with Crippen LogP contribution in [0.5, 0.6) is 0 Å². The van der Waals surface area contributed by atoms with Crippen molar-refractivity contribution in [1.82, 2.24) is 0 Å². The number of benzene rings is 1. The van der Waals surface area contributed by atoms with Gasteiger partial charge in [-0.2, -0.15) is 0 Å². The quantitative estimate of drug-likeness (QED) is 0.849. The van der Waals surface area contributed by atoms with Crippen molar-refractivity contribution >= 4 is 21.4 Å². The fraction of sp³-hybridized carbons (Fsp3) is 0.500. The van der Waals surface area contributed by atoms with Gasteiger partial charge in [0.05, 0.1) is 5.60 Å². The van der Waals surface area contributed by atoms with Crippen LogP contribution >= 0.6 is 11.3 Å². The van der Waals surface area contributed by atoms with Crippen molar-refractivity contribution in [2.24, 2.45) is 5.41 Å². The van der Waals surface area contributed by atoms with E-state index in [2.05, 4.69) is 43.5 Å². The smallest absolute Gasteiger partial charge is 0.0693 e. The molecule has 1 N–H and O–H groups in total. The molecule has 0 amide bonds. The van der Waals surface area contributed by atoms with Crippen LogP contribution in [0.1, 0.15) is 38.7 Å². The van der Waals surface area contributed by atoms with Gasteiger partial charge in [-0.25, -0.2) is 0 Å². The Bertz CT molecular complexity index is 569. The predicted molar refractivity (Wildman–Crippen MR) is 78.1 cm³/mol. The normalized spacial score (nSPS) is 26.8. The van der Waals surface area contributed by atoms with Crippen LogP contribution in [0.2, 0.25) is 0 Å². The van der Waals surface area contributed by atoms with Gasteiger partial charge in [-0.05, 0) is 47.1 Å². The summed E-state index contributed by atoms with van der Waals surface area (Å²) in [5.41, 5.74) is 1.12. The molecule has 1 unspecified atom stereocenters. The second kappa shape index (κ2) is 4.07. The molecular weight excluding hydrogens is 240 g/mol. The molecule has 1 aromatic heterocycles. The third-order valence-electron chi connectivity index (χ3n) is 4.16. The highest BCUT2D eigenvalue weighted by molar-refractivity contribution is 7.17. The summed E-state index contributed by atoms with van der Waals surface area (Å²) in [6.07, 6.45) is 3.79. The second-order valence-electron chi connectivity index (χ2n) is 6.50. The maximum atomic E-state index is 10.8. The third kappa shape index (κ3) is 2.19. The number of thiophene rings is 1. The lowest BCUT2D eigenvalue weighted by Crippen LogP contribution is -2.28. The highest BCUT2D eigenvalue weighted by Crippen LogP contribution is 2.45. The van der Waals surface area contributed by atoms with Crippen molar-refractivity contribution in [3.63, 3.8) is 0 Å². The summed E-state index contributed by atoms with van der Waals surface area (Å²) in [7, 11) is 0. The van der Waals surface area contributed by atoms with Crippen LogP contribution in [-0.2, 0) is 6.42 Å². The minimum Gasteiger partial charge on any atom is -0.390 e. The van der Waals surface area contributed by atoms with Crippen LogP contribution in [0.3, 0.4) is 0 Å². The van der Waals surface area contributed by atoms with E-state index in [0.29, 0.717) is 5.41 Å². The fourth-order valence-electron chi connectivity index (χ4n) is 3.31. The van der Waals surface area contributed by atoms with Crippen LogP contribution in [0.4, 0.5) is 0 Å². The van der Waals surface area contributed by atoms with Gasteiger partial charge in [-0.3, -0.25) is 0 Å². The minimum absolute atomic E-state index is 0.292. The van der Waals surface area contributed by atoms with E-state index in [1.54, 1.807) is 11.3 Å². The lowest BCUT2D eigenvalue weighted by Gasteiger charge is -2.25. The van der Waals surface area contributed by atoms with E-state index < -0.39 is 5.60 Å². The Hall–Kier alpha value is -0.860. The molecule has 0 spiro atoms. The largest absolute Gasteiger partial charge is 0.390 e. The number of rotatable bonds is 2. The van der Waals surface area contributed by atoms with Gasteiger partial charge in [0.1, 0.15) is 0 Å². The highest BCUT2D eigenvalue weighted by Gasteiger charge is 2.41. The topological polar surface area (TPSA) is 20.2 Å². The molecule has 0 radical (unpaired) electrons. The first-order chi connectivity index (χ1) is 8.48. The molecule has 96 valence electrons. The third-order valence-corrected chi connectivity index (χ3v) is 5.17. The van der Waals surface area contributed by atoms with Gasteiger partial charge in [0, 0.05) is 11.1 Å². The van der Waals surface area contributed by atoms with Crippen LogP contribution in [0.25, 0.3) is 10.1 Å². The fourth-order valence-corrected chi connectivity index (χ4v) is 4.28. The monoisotopic (exact) mass is 260 g/mol. The molecule has 0 bridgehead atoms. The molecular formula is C16H20OS. The van der Waals surface area contributed by atoms with Crippen molar-refractivity contribution in [3.8, 4) is 0 Å². The maximum absolute atomic E-state index is 10.8. The van der Waals surface area contributed by atoms with E-state index in [4.69, 9.17) is 0 Å². The molecule has 0 saturated heterocycles. The first kappa shape index (κ1) is 12.2. The Morgan fingerprint density at radius 3 is 2.72 bits per heavy atom. The Morgan fingerprint density at radius 1 is 1.22 bits per heavy atom. The summed E-state index contributed by atoms with van der Waals surface area (Å²) in [4.78, 5) is 0. The van der Waals surface area contributed by atoms with Gasteiger partial charge in [-0.15, -0.1) is 11.3 Å². The van der Waals surface area contributed by atoms with Crippen molar-refractivity contribution in [3.05, 3.63) is 35.2 Å². The van der Waals surface area contributed by atoms with Gasteiger partial charge in [0.15, 0.2) is 0 Å². The van der Waals surface area contributed by atoms with E-state index >= 15 is 0 Å². The predicted octanol–water partition coefficient (Wildman–Crippen LogP) is 4.39. The molecule has 1 fully saturated rings. The average Bonchev–Trinajstić information content (AvgIpc) is 2.82. The highest BCUT2D eigenvalue weighted by atomic mass is 32.1. The number of hydrogen-bond donors (Lipinski definition) is 1. The first-order valence-corrected chi connectivity index (χ1v) is 7.53. The van der Waals surface area contributed by atoms with Crippen LogP contribution < -0.4 is 0 Å². The zero-order chi connectivity index (χ0) is 12.8. The van der Waals surface area contributed by atoms with E-state index in [9.17, 15) is 5.11 Å². The van der Waals surface area contributed by atoms with E-state index in [1.807, 2.05) is 0 Å². The molecule has 0 aliphatic heterocycles. The first-order valence-electron chi connectivity index (χ1n) is 6.65. The van der Waals surface area contributed by atoms with E-state index in [0.717, 1.165) is 25.7 Å². The summed E-state index contributed by atoms with van der Waals surface area (Å²) in [5.74, 6) is 0. The molecule has 2 aromatic rings. The molecule has 1 aliphatic carbocycles. The summed E-state index contributed by atoms with van der Waals surface area (Å²) in [6, 6.07) is 8.49. The van der Waals surface area contributed by atoms with E-state index in [-0.39, 0.29) is 0 Å². The number of fused-ring (bicyclic) bond motifs is 1. The van der Waals surface area contributed by atoms with Crippen molar-refractivity contribution < 1.29 is 5.11 Å². The molecule has 1 aliphatic rings. The van der Waals surface area contributed by atoms with Gasteiger partial charge in [0.25, 0.3) is 0 Å². The number of aliphatic hydroxyl groups is 1. The molecule has 1 atom stereocenters. The Kier molecular flexibility index (Phi) is 2.76. The zero-order valence-corrected chi connectivity index (χ0v) is 11.9. The second-order valence-corrected chi connectivity index (χ2v) is 7.41. The molecule has 1 aromatic carbocycles. The average molecular weight is 260 g/mol. The summed E-state index contributed by atoms with van der Waals surface area (Å²) < 4.78 is 1.33. The lowest BCUT2D eigenvalue weighted by atomic mass is 9.86. The standard InChI is InChI=1S/C16H20OS/c1-15(2)7-8-16(17,11-15)9-12-10-18-14-6-4-3-5-13(12)14/h3-6,10,17H,7-9,11H2,1-2H3. The number of hydrogen-bond acceptors (Lipinski definition) is 2. The van der Waals surface area contributed by atoms with Crippen molar-refractivity contribution in [1.29, 1.82) is 0 Å². The molecule has 1 nitrogen and oxygen atoms in total. The van der Waals surface area contributed by atoms with Gasteiger partial charge in [0.2, 0.25) is 0 Å².